The second-order valence-corrected chi connectivity index (χ2v) is 4.50. The highest BCUT2D eigenvalue weighted by atomic mass is 19.4. The highest BCUT2D eigenvalue weighted by Gasteiger charge is 2.33. The maximum Gasteiger partial charge on any atom is 0.406 e. The first-order chi connectivity index (χ1) is 10.3. The van der Waals surface area contributed by atoms with Crippen LogP contribution in [0.25, 0.3) is 5.65 Å². The Hall–Kier alpha value is -2.64. The third-order valence-corrected chi connectivity index (χ3v) is 2.85. The summed E-state index contributed by atoms with van der Waals surface area (Å²) in [4.78, 5) is 28.8. The molecule has 0 spiro atoms. The zero-order chi connectivity index (χ0) is 16.3. The summed E-state index contributed by atoms with van der Waals surface area (Å²) in [7, 11) is 0. The van der Waals surface area contributed by atoms with Gasteiger partial charge < -0.3 is 4.90 Å². The van der Waals surface area contributed by atoms with Crippen molar-refractivity contribution in [2.24, 2.45) is 0 Å². The minimum absolute atomic E-state index is 0.301. The molecule has 0 saturated carbocycles. The molecule has 0 aromatic carbocycles. The molecule has 2 heterocycles. The standard InChI is InChI=1S/C14H12F3N3O2/c1-2-6-19(9-14(15,16)17)12(21)10-8-18-11-5-3-4-7-20(11)13(10)22/h2-5,7-8H,1,6,9H2. The van der Waals surface area contributed by atoms with Crippen molar-refractivity contribution >= 4 is 11.6 Å². The molecule has 0 unspecified atom stereocenters. The summed E-state index contributed by atoms with van der Waals surface area (Å²) >= 11 is 0. The number of amides is 1. The molecule has 0 N–H and O–H groups in total. The van der Waals surface area contributed by atoms with Crippen molar-refractivity contribution in [3.63, 3.8) is 0 Å². The minimum Gasteiger partial charge on any atom is -0.326 e. The second kappa shape index (κ2) is 6.00. The van der Waals surface area contributed by atoms with Crippen LogP contribution in [0.1, 0.15) is 10.4 Å². The maximum absolute atomic E-state index is 12.5. The molecule has 0 aliphatic carbocycles. The van der Waals surface area contributed by atoms with Crippen LogP contribution >= 0.6 is 0 Å². The molecule has 2 aromatic heterocycles. The number of carbonyl (C=O) groups excluding carboxylic acids is 1. The predicted molar refractivity (Wildman–Crippen MR) is 73.6 cm³/mol. The summed E-state index contributed by atoms with van der Waals surface area (Å²) < 4.78 is 38.7. The molecule has 22 heavy (non-hydrogen) atoms. The highest BCUT2D eigenvalue weighted by Crippen LogP contribution is 2.17. The molecule has 1 amide bonds. The molecule has 0 aliphatic heterocycles. The number of aromatic nitrogens is 2. The lowest BCUT2D eigenvalue weighted by Crippen LogP contribution is -2.41. The smallest absolute Gasteiger partial charge is 0.326 e. The van der Waals surface area contributed by atoms with Crippen LogP contribution in [-0.4, -0.2) is 39.5 Å². The number of pyridine rings is 1. The van der Waals surface area contributed by atoms with Crippen LogP contribution in [0, 0.1) is 0 Å². The van der Waals surface area contributed by atoms with Gasteiger partial charge in [0.25, 0.3) is 11.5 Å². The predicted octanol–water partition coefficient (Wildman–Crippen LogP) is 1.88. The fraction of sp³-hybridized carbons (Fsp3) is 0.214. The minimum atomic E-state index is -4.57. The normalized spacial score (nSPS) is 11.4. The third-order valence-electron chi connectivity index (χ3n) is 2.85. The Morgan fingerprint density at radius 3 is 2.77 bits per heavy atom. The summed E-state index contributed by atoms with van der Waals surface area (Å²) in [6, 6.07) is 4.76. The molecular weight excluding hydrogens is 299 g/mol. The molecular formula is C14H12F3N3O2. The summed E-state index contributed by atoms with van der Waals surface area (Å²) in [6.45, 7) is 1.53. The van der Waals surface area contributed by atoms with Crippen LogP contribution in [0.15, 0.2) is 48.0 Å². The van der Waals surface area contributed by atoms with Crippen LogP contribution in [0.3, 0.4) is 0 Å². The largest absolute Gasteiger partial charge is 0.406 e. The van der Waals surface area contributed by atoms with Crippen molar-refractivity contribution in [3.8, 4) is 0 Å². The molecule has 0 saturated heterocycles. The van der Waals surface area contributed by atoms with Crippen LogP contribution < -0.4 is 5.56 Å². The number of hydrogen-bond donors (Lipinski definition) is 0. The molecule has 0 atom stereocenters. The van der Waals surface area contributed by atoms with Crippen molar-refractivity contribution in [1.29, 1.82) is 0 Å². The Morgan fingerprint density at radius 2 is 2.14 bits per heavy atom. The van der Waals surface area contributed by atoms with Gasteiger partial charge in [0.1, 0.15) is 17.8 Å². The van der Waals surface area contributed by atoms with Gasteiger partial charge in [0.15, 0.2) is 0 Å². The first kappa shape index (κ1) is 15.7. The topological polar surface area (TPSA) is 54.7 Å². The molecule has 8 heteroatoms. The van der Waals surface area contributed by atoms with E-state index in [-0.39, 0.29) is 6.54 Å². The lowest BCUT2D eigenvalue weighted by atomic mass is 10.2. The number of hydrogen-bond acceptors (Lipinski definition) is 3. The van der Waals surface area contributed by atoms with E-state index in [1.807, 2.05) is 0 Å². The molecule has 0 aliphatic rings. The summed E-state index contributed by atoms with van der Waals surface area (Å²) in [5, 5.41) is 0. The van der Waals surface area contributed by atoms with Crippen molar-refractivity contribution < 1.29 is 18.0 Å². The Kier molecular flexibility index (Phi) is 4.30. The van der Waals surface area contributed by atoms with Gasteiger partial charge >= 0.3 is 6.18 Å². The van der Waals surface area contributed by atoms with Gasteiger partial charge in [-0.1, -0.05) is 12.1 Å². The zero-order valence-electron chi connectivity index (χ0n) is 11.4. The summed E-state index contributed by atoms with van der Waals surface area (Å²) in [5.41, 5.74) is -0.836. The molecule has 0 fully saturated rings. The Bertz CT molecular complexity index is 768. The third kappa shape index (κ3) is 3.33. The maximum atomic E-state index is 12.5. The van der Waals surface area contributed by atoms with Gasteiger partial charge in [-0.05, 0) is 12.1 Å². The lowest BCUT2D eigenvalue weighted by Gasteiger charge is -2.22. The van der Waals surface area contributed by atoms with Gasteiger partial charge in [0.05, 0.1) is 0 Å². The van der Waals surface area contributed by atoms with Gasteiger partial charge in [-0.15, -0.1) is 6.58 Å². The molecule has 2 rings (SSSR count). The van der Waals surface area contributed by atoms with E-state index in [1.165, 1.54) is 6.20 Å². The number of carbonyl (C=O) groups is 1. The fourth-order valence-corrected chi connectivity index (χ4v) is 1.94. The Labute approximate surface area is 123 Å². The Balaban J connectivity index is 2.44. The first-order valence-electron chi connectivity index (χ1n) is 6.27. The van der Waals surface area contributed by atoms with Gasteiger partial charge in [-0.2, -0.15) is 13.2 Å². The number of fused-ring (bicyclic) bond motifs is 1. The molecule has 5 nitrogen and oxygen atoms in total. The van der Waals surface area contributed by atoms with E-state index in [9.17, 15) is 22.8 Å². The number of nitrogens with zero attached hydrogens (tertiary/aromatic N) is 3. The van der Waals surface area contributed by atoms with E-state index in [0.717, 1.165) is 16.7 Å². The lowest BCUT2D eigenvalue weighted by molar-refractivity contribution is -0.139. The summed E-state index contributed by atoms with van der Waals surface area (Å²) in [5.74, 6) is -1.03. The zero-order valence-corrected chi connectivity index (χ0v) is 11.4. The first-order valence-corrected chi connectivity index (χ1v) is 6.27. The molecule has 0 radical (unpaired) electrons. The van der Waals surface area contributed by atoms with Crippen LogP contribution in [0.4, 0.5) is 13.2 Å². The second-order valence-electron chi connectivity index (χ2n) is 4.50. The fourth-order valence-electron chi connectivity index (χ4n) is 1.94. The summed E-state index contributed by atoms with van der Waals surface area (Å²) in [6.07, 6.45) is -1.02. The quantitative estimate of drug-likeness (QED) is 0.810. The van der Waals surface area contributed by atoms with E-state index < -0.39 is 29.8 Å². The van der Waals surface area contributed by atoms with E-state index in [4.69, 9.17) is 0 Å². The van der Waals surface area contributed by atoms with Crippen LogP contribution in [-0.2, 0) is 0 Å². The number of rotatable bonds is 4. The molecule has 2 aromatic rings. The highest BCUT2D eigenvalue weighted by molar-refractivity contribution is 5.93. The van der Waals surface area contributed by atoms with Crippen LogP contribution in [0.2, 0.25) is 0 Å². The average molecular weight is 311 g/mol. The van der Waals surface area contributed by atoms with E-state index in [0.29, 0.717) is 10.5 Å². The molecule has 116 valence electrons. The monoisotopic (exact) mass is 311 g/mol. The van der Waals surface area contributed by atoms with E-state index in [2.05, 4.69) is 11.6 Å². The SMILES string of the molecule is C=CCN(CC(F)(F)F)C(=O)c1cnc2ccccn2c1=O. The van der Waals surface area contributed by atoms with Crippen LogP contribution in [0.5, 0.6) is 0 Å². The Morgan fingerprint density at radius 1 is 1.41 bits per heavy atom. The van der Waals surface area contributed by atoms with Gasteiger partial charge in [-0.25, -0.2) is 4.98 Å². The van der Waals surface area contributed by atoms with Crippen molar-refractivity contribution in [2.75, 3.05) is 13.1 Å². The average Bonchev–Trinajstić information content (AvgIpc) is 2.45. The van der Waals surface area contributed by atoms with E-state index >= 15 is 0 Å². The van der Waals surface area contributed by atoms with Crippen molar-refractivity contribution in [3.05, 3.63) is 59.2 Å². The van der Waals surface area contributed by atoms with Crippen molar-refractivity contribution in [2.45, 2.75) is 6.18 Å². The van der Waals surface area contributed by atoms with Crippen molar-refractivity contribution in [1.82, 2.24) is 14.3 Å². The number of alkyl halides is 3. The van der Waals surface area contributed by atoms with Gasteiger partial charge in [-0.3, -0.25) is 14.0 Å². The van der Waals surface area contributed by atoms with Gasteiger partial charge in [0, 0.05) is 18.9 Å². The molecule has 0 bridgehead atoms. The number of halogens is 3. The van der Waals surface area contributed by atoms with E-state index in [1.54, 1.807) is 18.2 Å². The van der Waals surface area contributed by atoms with Gasteiger partial charge in [0.2, 0.25) is 0 Å².